The molecule has 2 aromatic carbocycles. The zero-order valence-corrected chi connectivity index (χ0v) is 18.4. The molecule has 0 spiro atoms. The summed E-state index contributed by atoms with van der Waals surface area (Å²) in [6.07, 6.45) is -5.70. The summed E-state index contributed by atoms with van der Waals surface area (Å²) >= 11 is 13.7. The van der Waals surface area contributed by atoms with Crippen molar-refractivity contribution in [3.63, 3.8) is 0 Å². The van der Waals surface area contributed by atoms with Crippen LogP contribution in [0.15, 0.2) is 42.5 Å². The first-order valence-electron chi connectivity index (χ1n) is 9.54. The largest absolute Gasteiger partial charge is 0.394 e. The van der Waals surface area contributed by atoms with E-state index in [4.69, 9.17) is 27.9 Å². The molecule has 5 atom stereocenters. The fourth-order valence-electron chi connectivity index (χ4n) is 3.48. The number of halogens is 2. The topological polar surface area (TPSA) is 116 Å². The van der Waals surface area contributed by atoms with E-state index in [9.17, 15) is 20.4 Å². The summed E-state index contributed by atoms with van der Waals surface area (Å²) in [7, 11) is 0. The van der Waals surface area contributed by atoms with Crippen molar-refractivity contribution in [3.05, 3.63) is 68.6 Å². The van der Waals surface area contributed by atoms with Gasteiger partial charge in [-0.25, -0.2) is 0 Å². The molecule has 0 radical (unpaired) electrons. The van der Waals surface area contributed by atoms with Crippen molar-refractivity contribution in [2.24, 2.45) is 0 Å². The molecular formula is C21H20Cl2N2O5S. The summed E-state index contributed by atoms with van der Waals surface area (Å²) in [5.41, 5.74) is 2.22. The number of aliphatic hydroxyl groups is 4. The van der Waals surface area contributed by atoms with Crippen molar-refractivity contribution in [2.75, 3.05) is 6.61 Å². The summed E-state index contributed by atoms with van der Waals surface area (Å²) in [5, 5.41) is 51.0. The Morgan fingerprint density at radius 2 is 1.68 bits per heavy atom. The van der Waals surface area contributed by atoms with Gasteiger partial charge in [0.2, 0.25) is 0 Å². The predicted molar refractivity (Wildman–Crippen MR) is 117 cm³/mol. The molecule has 1 saturated heterocycles. The monoisotopic (exact) mass is 482 g/mol. The summed E-state index contributed by atoms with van der Waals surface area (Å²) in [6.45, 7) is -0.486. The Kier molecular flexibility index (Phi) is 6.90. The molecule has 0 amide bonds. The molecule has 164 valence electrons. The van der Waals surface area contributed by atoms with Gasteiger partial charge < -0.3 is 25.2 Å². The van der Waals surface area contributed by atoms with Crippen molar-refractivity contribution < 1.29 is 25.2 Å². The number of hydrogen-bond donors (Lipinski definition) is 4. The van der Waals surface area contributed by atoms with Crippen LogP contribution in [0.3, 0.4) is 0 Å². The number of aliphatic hydroxyl groups excluding tert-OH is 4. The Labute approximate surface area is 192 Å². The molecule has 7 nitrogen and oxygen atoms in total. The van der Waals surface area contributed by atoms with Crippen LogP contribution in [0.2, 0.25) is 10.0 Å². The molecule has 1 aliphatic rings. The maximum Gasteiger partial charge on any atom is 0.147 e. The minimum absolute atomic E-state index is 0.412. The summed E-state index contributed by atoms with van der Waals surface area (Å²) < 4.78 is 5.64. The fraction of sp³-hybridized carbons (Fsp3) is 0.333. The van der Waals surface area contributed by atoms with E-state index >= 15 is 0 Å². The van der Waals surface area contributed by atoms with Gasteiger partial charge in [0.15, 0.2) is 0 Å². The van der Waals surface area contributed by atoms with Gasteiger partial charge in [-0.3, -0.25) is 0 Å². The lowest BCUT2D eigenvalue weighted by molar-refractivity contribution is -0.231. The van der Waals surface area contributed by atoms with Crippen LogP contribution in [0.5, 0.6) is 0 Å². The molecule has 31 heavy (non-hydrogen) atoms. The number of benzene rings is 2. The minimum atomic E-state index is -1.44. The quantitative estimate of drug-likeness (QED) is 0.441. The lowest BCUT2D eigenvalue weighted by Crippen LogP contribution is -2.55. The van der Waals surface area contributed by atoms with E-state index in [-0.39, 0.29) is 0 Å². The van der Waals surface area contributed by atoms with Crippen LogP contribution in [0.25, 0.3) is 10.6 Å². The maximum absolute atomic E-state index is 10.4. The fourth-order valence-corrected chi connectivity index (χ4v) is 4.66. The third kappa shape index (κ3) is 4.76. The van der Waals surface area contributed by atoms with Crippen molar-refractivity contribution in [2.45, 2.75) is 36.9 Å². The minimum Gasteiger partial charge on any atom is -0.394 e. The lowest BCUT2D eigenvalue weighted by Gasteiger charge is -2.40. The Morgan fingerprint density at radius 3 is 2.39 bits per heavy atom. The van der Waals surface area contributed by atoms with E-state index < -0.39 is 37.1 Å². The Morgan fingerprint density at radius 1 is 0.935 bits per heavy atom. The average Bonchev–Trinajstić information content (AvgIpc) is 3.23. The number of nitrogens with zero attached hydrogens (tertiary/aromatic N) is 2. The first-order valence-corrected chi connectivity index (χ1v) is 11.1. The van der Waals surface area contributed by atoms with Crippen molar-refractivity contribution in [1.82, 2.24) is 10.2 Å². The van der Waals surface area contributed by atoms with Crippen LogP contribution in [-0.2, 0) is 11.2 Å². The molecule has 2 heterocycles. The number of ether oxygens (including phenoxy) is 1. The molecular weight excluding hydrogens is 463 g/mol. The lowest BCUT2D eigenvalue weighted by atomic mass is 9.90. The number of hydrogen-bond acceptors (Lipinski definition) is 8. The third-order valence-electron chi connectivity index (χ3n) is 5.19. The second-order valence-corrected chi connectivity index (χ2v) is 9.19. The van der Waals surface area contributed by atoms with Gasteiger partial charge in [-0.15, -0.1) is 10.2 Å². The molecule has 4 rings (SSSR count). The molecule has 1 aliphatic heterocycles. The average molecular weight is 483 g/mol. The highest BCUT2D eigenvalue weighted by atomic mass is 35.5. The maximum atomic E-state index is 10.4. The first kappa shape index (κ1) is 22.6. The van der Waals surface area contributed by atoms with Gasteiger partial charge in [0.25, 0.3) is 0 Å². The number of aromatic nitrogens is 2. The van der Waals surface area contributed by atoms with Crippen LogP contribution in [0.4, 0.5) is 0 Å². The van der Waals surface area contributed by atoms with Crippen molar-refractivity contribution in [1.29, 1.82) is 0 Å². The molecule has 0 unspecified atom stereocenters. The second kappa shape index (κ2) is 9.48. The Bertz CT molecular complexity index is 1050. The number of rotatable bonds is 5. The van der Waals surface area contributed by atoms with E-state index in [1.165, 1.54) is 11.3 Å². The standard InChI is InChI=1S/C21H20Cl2N2O5S/c22-13-4-1-10(2-5-13)21-25-24-16(31-21)8-12-7-11(3-6-14(12)23)20-19(29)18(28)17(27)15(9-26)30-20/h1-7,15,17-20,26-29H,8-9H2/t15-,17-,18+,19-,20+/m1/s1. The van der Waals surface area contributed by atoms with Gasteiger partial charge in [-0.05, 0) is 29.3 Å². The van der Waals surface area contributed by atoms with Crippen LogP contribution in [0, 0.1) is 0 Å². The highest BCUT2D eigenvalue weighted by Crippen LogP contribution is 2.35. The van der Waals surface area contributed by atoms with Crippen LogP contribution in [-0.4, -0.2) is 61.6 Å². The highest BCUT2D eigenvalue weighted by Gasteiger charge is 2.44. The van der Waals surface area contributed by atoms with Gasteiger partial charge in [-0.1, -0.05) is 58.8 Å². The highest BCUT2D eigenvalue weighted by molar-refractivity contribution is 7.14. The SMILES string of the molecule is OC[C@H]1O[C@@H](c2ccc(Cl)c(Cc3nnc(-c4ccc(Cl)cc4)s3)c2)[C@H](O)[C@@H](O)[C@@H]1O. The molecule has 0 aliphatic carbocycles. The van der Waals surface area contributed by atoms with E-state index in [2.05, 4.69) is 10.2 Å². The van der Waals surface area contributed by atoms with E-state index in [0.717, 1.165) is 21.1 Å². The summed E-state index contributed by atoms with van der Waals surface area (Å²) in [4.78, 5) is 0. The van der Waals surface area contributed by atoms with Crippen molar-refractivity contribution in [3.8, 4) is 10.6 Å². The zero-order chi connectivity index (χ0) is 22.1. The van der Waals surface area contributed by atoms with Gasteiger partial charge in [-0.2, -0.15) is 0 Å². The van der Waals surface area contributed by atoms with Crippen molar-refractivity contribution >= 4 is 34.5 Å². The Balaban J connectivity index is 1.57. The van der Waals surface area contributed by atoms with Gasteiger partial charge >= 0.3 is 0 Å². The second-order valence-electron chi connectivity index (χ2n) is 7.28. The van der Waals surface area contributed by atoms with Crippen LogP contribution >= 0.6 is 34.5 Å². The molecule has 4 N–H and O–H groups in total. The molecule has 1 fully saturated rings. The third-order valence-corrected chi connectivity index (χ3v) is 6.78. The Hall–Kier alpha value is -1.62. The van der Waals surface area contributed by atoms with E-state index in [0.29, 0.717) is 22.0 Å². The first-order chi connectivity index (χ1) is 14.9. The normalized spacial score (nSPS) is 26.2. The molecule has 1 aromatic heterocycles. The molecule has 3 aromatic rings. The molecule has 0 bridgehead atoms. The van der Waals surface area contributed by atoms with E-state index in [1.54, 1.807) is 30.3 Å². The summed E-state index contributed by atoms with van der Waals surface area (Å²) in [5.74, 6) is 0. The zero-order valence-electron chi connectivity index (χ0n) is 16.1. The van der Waals surface area contributed by atoms with E-state index in [1.807, 2.05) is 12.1 Å². The molecule has 10 heteroatoms. The summed E-state index contributed by atoms with van der Waals surface area (Å²) in [6, 6.07) is 12.4. The molecule has 0 saturated carbocycles. The van der Waals surface area contributed by atoms with Gasteiger partial charge in [0.05, 0.1) is 6.61 Å². The predicted octanol–water partition coefficient (Wildman–Crippen LogP) is 2.62. The van der Waals surface area contributed by atoms with Gasteiger partial charge in [0, 0.05) is 22.0 Å². The van der Waals surface area contributed by atoms with Crippen LogP contribution in [0.1, 0.15) is 22.2 Å². The smallest absolute Gasteiger partial charge is 0.147 e. The van der Waals surface area contributed by atoms with Crippen LogP contribution < -0.4 is 0 Å². The van der Waals surface area contributed by atoms with Gasteiger partial charge in [0.1, 0.15) is 40.5 Å².